The van der Waals surface area contributed by atoms with Crippen molar-refractivity contribution in [3.05, 3.63) is 59.7 Å². The van der Waals surface area contributed by atoms with Gasteiger partial charge in [-0.2, -0.15) is 0 Å². The maximum atomic E-state index is 12.8. The molecule has 4 rings (SSSR count). The van der Waals surface area contributed by atoms with Gasteiger partial charge in [0.25, 0.3) is 0 Å². The average molecular weight is 575 g/mol. The lowest BCUT2D eigenvalue weighted by molar-refractivity contribution is -0.140. The van der Waals surface area contributed by atoms with Gasteiger partial charge in [-0.1, -0.05) is 76.2 Å². The van der Waals surface area contributed by atoms with E-state index >= 15 is 0 Å². The summed E-state index contributed by atoms with van der Waals surface area (Å²) < 4.78 is 5.52. The number of hydrogen-bond donors (Lipinski definition) is 2. The quantitative estimate of drug-likeness (QED) is 0.177. The molecule has 1 saturated carbocycles. The zero-order valence-electron chi connectivity index (χ0n) is 25.0. The minimum absolute atomic E-state index is 0.0612. The van der Waals surface area contributed by atoms with Crippen LogP contribution in [0.25, 0.3) is 11.1 Å². The first kappa shape index (κ1) is 31.1. The average Bonchev–Trinajstić information content (AvgIpc) is 3.23. The van der Waals surface area contributed by atoms with E-state index in [4.69, 9.17) is 4.74 Å². The fourth-order valence-electron chi connectivity index (χ4n) is 6.18. The Labute approximate surface area is 248 Å². The highest BCUT2D eigenvalue weighted by Crippen LogP contribution is 2.44. The van der Waals surface area contributed by atoms with Crippen molar-refractivity contribution < 1.29 is 29.0 Å². The number of carbonyl (C=O) groups is 4. The van der Waals surface area contributed by atoms with Gasteiger partial charge in [-0.05, 0) is 59.3 Å². The van der Waals surface area contributed by atoms with Crippen LogP contribution in [-0.4, -0.2) is 53.6 Å². The summed E-state index contributed by atoms with van der Waals surface area (Å²) in [6.45, 7) is 8.43. The smallest absolute Gasteiger partial charge is 0.407 e. The second-order valence-corrected chi connectivity index (χ2v) is 12.7. The number of amides is 1. The maximum absolute atomic E-state index is 12.8. The van der Waals surface area contributed by atoms with Crippen molar-refractivity contribution in [1.29, 1.82) is 0 Å². The number of ether oxygens (including phenoxy) is 1. The molecule has 0 heterocycles. The van der Waals surface area contributed by atoms with Gasteiger partial charge in [0.1, 0.15) is 30.1 Å². The monoisotopic (exact) mass is 574 g/mol. The number of fused-ring (bicyclic) bond motifs is 3. The molecular formula is C34H42N2O6. The summed E-state index contributed by atoms with van der Waals surface area (Å²) in [7, 11) is 0. The number of aliphatic carboxylic acids is 1. The molecule has 0 bridgehead atoms. The molecule has 8 nitrogen and oxygen atoms in total. The van der Waals surface area contributed by atoms with Crippen molar-refractivity contribution in [2.75, 3.05) is 13.2 Å². The van der Waals surface area contributed by atoms with Crippen molar-refractivity contribution in [2.24, 2.45) is 22.2 Å². The molecule has 2 aromatic carbocycles. The molecule has 2 aliphatic carbocycles. The zero-order chi connectivity index (χ0) is 30.4. The van der Waals surface area contributed by atoms with Gasteiger partial charge in [0.2, 0.25) is 0 Å². The Morgan fingerprint density at radius 1 is 0.976 bits per heavy atom. The van der Waals surface area contributed by atoms with Gasteiger partial charge in [0.15, 0.2) is 0 Å². The number of Topliss-reactive ketones (excluding diaryl/α,β-unsaturated/α-hetero) is 2. The first-order valence-electron chi connectivity index (χ1n) is 14.9. The summed E-state index contributed by atoms with van der Waals surface area (Å²) in [5.41, 5.74) is 4.72. The van der Waals surface area contributed by atoms with Crippen LogP contribution in [-0.2, 0) is 19.1 Å². The molecule has 2 aromatic rings. The summed E-state index contributed by atoms with van der Waals surface area (Å²) in [6.07, 6.45) is 1.81. The fourth-order valence-corrected chi connectivity index (χ4v) is 6.18. The third-order valence-electron chi connectivity index (χ3n) is 8.05. The molecule has 8 heteroatoms. The van der Waals surface area contributed by atoms with Crippen LogP contribution in [0.4, 0.5) is 4.79 Å². The number of carboxylic acid groups (broad SMARTS) is 1. The Bertz CT molecular complexity index is 1300. The van der Waals surface area contributed by atoms with Gasteiger partial charge in [-0.25, -0.2) is 9.59 Å². The van der Waals surface area contributed by atoms with E-state index in [2.05, 4.69) is 22.4 Å². The molecule has 0 radical (unpaired) electrons. The van der Waals surface area contributed by atoms with Crippen LogP contribution < -0.4 is 5.32 Å². The standard InChI is InChI=1S/C34H42N2O6/c1-21(2)17-28(31-29(37)18-34(3,4)19-30(31)38)35-16-10-9-15-27(32(39)40)36-33(41)42-20-26-24-13-7-5-11-22(24)23-12-6-8-14-25(23)26/h5-8,11-14,21,26-27,31H,9-10,15-20H2,1-4H3,(H,36,41)(H,39,40)/t27-/m0/s1. The molecular weight excluding hydrogens is 532 g/mol. The van der Waals surface area contributed by atoms with Crippen molar-refractivity contribution >= 4 is 29.3 Å². The van der Waals surface area contributed by atoms with E-state index in [1.165, 1.54) is 0 Å². The van der Waals surface area contributed by atoms with Crippen molar-refractivity contribution in [3.63, 3.8) is 0 Å². The highest BCUT2D eigenvalue weighted by Gasteiger charge is 2.42. The minimum atomic E-state index is -1.13. The van der Waals surface area contributed by atoms with E-state index in [0.717, 1.165) is 22.3 Å². The van der Waals surface area contributed by atoms with Crippen molar-refractivity contribution in [1.82, 2.24) is 5.32 Å². The zero-order valence-corrected chi connectivity index (χ0v) is 25.0. The van der Waals surface area contributed by atoms with Crippen LogP contribution in [0, 0.1) is 17.3 Å². The molecule has 0 saturated heterocycles. The van der Waals surface area contributed by atoms with Gasteiger partial charge < -0.3 is 15.2 Å². The largest absolute Gasteiger partial charge is 0.480 e. The predicted octanol–water partition coefficient (Wildman–Crippen LogP) is 6.21. The number of aliphatic imine (C=N–C) groups is 1. The van der Waals surface area contributed by atoms with Gasteiger partial charge in [-0.15, -0.1) is 0 Å². The normalized spacial score (nSPS) is 17.6. The number of carboxylic acids is 1. The molecule has 1 atom stereocenters. The first-order valence-corrected chi connectivity index (χ1v) is 14.9. The van der Waals surface area contributed by atoms with E-state index < -0.39 is 24.0 Å². The van der Waals surface area contributed by atoms with Crippen LogP contribution in [0.1, 0.15) is 83.3 Å². The highest BCUT2D eigenvalue weighted by atomic mass is 16.5. The molecule has 0 aromatic heterocycles. The Balaban J connectivity index is 1.29. The summed E-state index contributed by atoms with van der Waals surface area (Å²) in [4.78, 5) is 54.8. The summed E-state index contributed by atoms with van der Waals surface area (Å²) in [5.74, 6) is -1.88. The number of nitrogens with one attached hydrogen (secondary N) is 1. The number of unbranched alkanes of at least 4 members (excludes halogenated alkanes) is 1. The van der Waals surface area contributed by atoms with Gasteiger partial charge in [0, 0.05) is 31.0 Å². The number of carbonyl (C=O) groups excluding carboxylic acids is 3. The van der Waals surface area contributed by atoms with E-state index in [0.29, 0.717) is 44.4 Å². The summed E-state index contributed by atoms with van der Waals surface area (Å²) in [6, 6.07) is 14.9. The van der Waals surface area contributed by atoms with Crippen molar-refractivity contribution in [2.45, 2.75) is 78.2 Å². The second kappa shape index (κ2) is 13.4. The number of alkyl carbamates (subject to hydrolysis) is 1. The molecule has 42 heavy (non-hydrogen) atoms. The summed E-state index contributed by atoms with van der Waals surface area (Å²) in [5, 5.41) is 12.2. The third-order valence-corrected chi connectivity index (χ3v) is 8.05. The SMILES string of the molecule is CC(C)CC(=NCCCC[C@H](NC(=O)OCC1c2ccccc2-c2ccccc21)C(=O)O)C1C(=O)CC(C)(C)CC1=O. The lowest BCUT2D eigenvalue weighted by Gasteiger charge is -2.33. The lowest BCUT2D eigenvalue weighted by Crippen LogP contribution is -2.42. The molecule has 2 N–H and O–H groups in total. The van der Waals surface area contributed by atoms with E-state index in [1.54, 1.807) is 0 Å². The van der Waals surface area contributed by atoms with E-state index in [1.807, 2.05) is 64.1 Å². The van der Waals surface area contributed by atoms with Crippen LogP contribution in [0.2, 0.25) is 0 Å². The lowest BCUT2D eigenvalue weighted by atomic mass is 9.69. The van der Waals surface area contributed by atoms with Gasteiger partial charge >= 0.3 is 12.1 Å². The van der Waals surface area contributed by atoms with Crippen LogP contribution in [0.15, 0.2) is 53.5 Å². The Kier molecular flexibility index (Phi) is 9.97. The topological polar surface area (TPSA) is 122 Å². The van der Waals surface area contributed by atoms with Gasteiger partial charge in [0.05, 0.1) is 0 Å². The number of hydrogen-bond acceptors (Lipinski definition) is 6. The molecule has 2 aliphatic rings. The molecule has 0 spiro atoms. The predicted molar refractivity (Wildman–Crippen MR) is 162 cm³/mol. The molecule has 1 amide bonds. The fraction of sp³-hybridized carbons (Fsp3) is 0.500. The van der Waals surface area contributed by atoms with Gasteiger partial charge in [-0.3, -0.25) is 14.6 Å². The molecule has 224 valence electrons. The van der Waals surface area contributed by atoms with Crippen LogP contribution in [0.5, 0.6) is 0 Å². The number of ketones is 2. The second-order valence-electron chi connectivity index (χ2n) is 12.7. The summed E-state index contributed by atoms with van der Waals surface area (Å²) >= 11 is 0. The van der Waals surface area contributed by atoms with Crippen molar-refractivity contribution in [3.8, 4) is 11.1 Å². The Morgan fingerprint density at radius 3 is 2.10 bits per heavy atom. The van der Waals surface area contributed by atoms with Crippen LogP contribution in [0.3, 0.4) is 0 Å². The maximum Gasteiger partial charge on any atom is 0.407 e. The number of rotatable bonds is 12. The Hall–Kier alpha value is -3.81. The molecule has 0 unspecified atom stereocenters. The third kappa shape index (κ3) is 7.52. The Morgan fingerprint density at radius 2 is 1.55 bits per heavy atom. The minimum Gasteiger partial charge on any atom is -0.480 e. The number of benzene rings is 2. The van der Waals surface area contributed by atoms with E-state index in [9.17, 15) is 24.3 Å². The highest BCUT2D eigenvalue weighted by molar-refractivity contribution is 6.22. The number of nitrogens with zero attached hydrogens (tertiary/aromatic N) is 1. The van der Waals surface area contributed by atoms with Crippen LogP contribution >= 0.6 is 0 Å². The van der Waals surface area contributed by atoms with E-state index in [-0.39, 0.29) is 41.8 Å². The first-order chi connectivity index (χ1) is 20.0. The molecule has 0 aliphatic heterocycles. The molecule has 1 fully saturated rings.